The average molecular weight is 252 g/mol. The predicted molar refractivity (Wildman–Crippen MR) is 72.2 cm³/mol. The van der Waals surface area contributed by atoms with E-state index in [0.717, 1.165) is 24.2 Å². The molecule has 4 N–H and O–H groups in total. The highest BCUT2D eigenvalue weighted by atomic mass is 32.2. The molecule has 0 atom stereocenters. The molecular weight excluding hydrogens is 236 g/mol. The molecule has 6 nitrogen and oxygen atoms in total. The predicted octanol–water partition coefficient (Wildman–Crippen LogP) is 1.49. The summed E-state index contributed by atoms with van der Waals surface area (Å²) in [4.78, 5) is 8.24. The van der Waals surface area contributed by atoms with Gasteiger partial charge in [0.15, 0.2) is 5.65 Å². The third kappa shape index (κ3) is 3.00. The number of unbranched alkanes of at least 4 members (excludes halogenated alkanes) is 1. The summed E-state index contributed by atoms with van der Waals surface area (Å²) < 4.78 is 0. The van der Waals surface area contributed by atoms with Crippen LogP contribution >= 0.6 is 11.8 Å². The number of fused-ring (bicyclic) bond motifs is 1. The molecule has 0 fully saturated rings. The molecule has 0 aromatic carbocycles. The molecule has 0 saturated heterocycles. The smallest absolute Gasteiger partial charge is 0.224 e. The van der Waals surface area contributed by atoms with Crippen LogP contribution in [0, 0.1) is 0 Å². The second-order valence-electron chi connectivity index (χ2n) is 3.69. The number of rotatable bonds is 6. The van der Waals surface area contributed by atoms with Gasteiger partial charge in [-0.1, -0.05) is 0 Å². The number of aromatic amines is 1. The number of anilines is 2. The van der Waals surface area contributed by atoms with Crippen molar-refractivity contribution in [1.29, 1.82) is 0 Å². The number of aromatic nitrogens is 4. The topological polar surface area (TPSA) is 92.5 Å². The maximum atomic E-state index is 5.62. The van der Waals surface area contributed by atoms with Crippen LogP contribution in [0.15, 0.2) is 6.20 Å². The highest BCUT2D eigenvalue weighted by Gasteiger charge is 2.06. The van der Waals surface area contributed by atoms with Gasteiger partial charge < -0.3 is 11.1 Å². The van der Waals surface area contributed by atoms with E-state index < -0.39 is 0 Å². The summed E-state index contributed by atoms with van der Waals surface area (Å²) in [6, 6.07) is 0. The molecule has 0 aliphatic carbocycles. The lowest BCUT2D eigenvalue weighted by molar-refractivity contribution is 0.840. The van der Waals surface area contributed by atoms with E-state index in [2.05, 4.69) is 31.7 Å². The highest BCUT2D eigenvalue weighted by molar-refractivity contribution is 7.98. The molecule has 2 aromatic rings. The van der Waals surface area contributed by atoms with Gasteiger partial charge in [0.25, 0.3) is 0 Å². The number of nitrogens with two attached hydrogens (primary N) is 1. The number of H-pyrrole nitrogens is 1. The van der Waals surface area contributed by atoms with E-state index in [4.69, 9.17) is 5.73 Å². The van der Waals surface area contributed by atoms with E-state index in [1.165, 1.54) is 12.2 Å². The molecule has 0 spiro atoms. The van der Waals surface area contributed by atoms with Crippen LogP contribution in [-0.4, -0.2) is 38.7 Å². The Morgan fingerprint density at radius 2 is 2.29 bits per heavy atom. The van der Waals surface area contributed by atoms with Gasteiger partial charge in [-0.2, -0.15) is 26.8 Å². The van der Waals surface area contributed by atoms with Crippen molar-refractivity contribution in [2.75, 3.05) is 29.6 Å². The van der Waals surface area contributed by atoms with E-state index in [9.17, 15) is 0 Å². The van der Waals surface area contributed by atoms with Crippen LogP contribution in [0.2, 0.25) is 0 Å². The van der Waals surface area contributed by atoms with Crippen molar-refractivity contribution in [3.05, 3.63) is 6.20 Å². The summed E-state index contributed by atoms with van der Waals surface area (Å²) in [6.07, 6.45) is 6.14. The first-order valence-corrected chi connectivity index (χ1v) is 6.90. The van der Waals surface area contributed by atoms with E-state index >= 15 is 0 Å². The monoisotopic (exact) mass is 252 g/mol. The van der Waals surface area contributed by atoms with Crippen molar-refractivity contribution in [3.63, 3.8) is 0 Å². The average Bonchev–Trinajstić information content (AvgIpc) is 2.76. The van der Waals surface area contributed by atoms with Gasteiger partial charge in [0, 0.05) is 6.54 Å². The molecule has 92 valence electrons. The van der Waals surface area contributed by atoms with Crippen molar-refractivity contribution < 1.29 is 0 Å². The highest BCUT2D eigenvalue weighted by Crippen LogP contribution is 2.18. The minimum atomic E-state index is 0.258. The molecule has 0 bridgehead atoms. The fourth-order valence-corrected chi connectivity index (χ4v) is 2.06. The third-order valence-corrected chi connectivity index (χ3v) is 3.09. The number of nitrogens with zero attached hydrogens (tertiary/aromatic N) is 3. The molecule has 7 heteroatoms. The molecule has 2 rings (SSSR count). The van der Waals surface area contributed by atoms with Crippen LogP contribution in [0.3, 0.4) is 0 Å². The van der Waals surface area contributed by atoms with Crippen LogP contribution in [-0.2, 0) is 0 Å². The second kappa shape index (κ2) is 5.72. The fourth-order valence-electron chi connectivity index (χ4n) is 1.57. The largest absolute Gasteiger partial charge is 0.369 e. The molecule has 0 amide bonds. The Hall–Kier alpha value is -1.50. The van der Waals surface area contributed by atoms with E-state index in [1.807, 2.05) is 11.8 Å². The molecule has 0 aliphatic heterocycles. The summed E-state index contributed by atoms with van der Waals surface area (Å²) in [7, 11) is 0. The Labute approximate surface area is 104 Å². The number of hydrogen-bond donors (Lipinski definition) is 3. The zero-order valence-electron chi connectivity index (χ0n) is 9.73. The van der Waals surface area contributed by atoms with Gasteiger partial charge in [-0.25, -0.2) is 0 Å². The molecule has 0 aliphatic rings. The third-order valence-electron chi connectivity index (χ3n) is 2.39. The Kier molecular flexibility index (Phi) is 4.03. The Morgan fingerprint density at radius 3 is 3.12 bits per heavy atom. The lowest BCUT2D eigenvalue weighted by Crippen LogP contribution is -2.06. The molecule has 0 unspecified atom stereocenters. The lowest BCUT2D eigenvalue weighted by atomic mass is 10.3. The van der Waals surface area contributed by atoms with Gasteiger partial charge in [-0.05, 0) is 24.9 Å². The Morgan fingerprint density at radius 1 is 1.41 bits per heavy atom. The Bertz CT molecular complexity index is 483. The summed E-state index contributed by atoms with van der Waals surface area (Å²) in [5, 5.41) is 10.9. The van der Waals surface area contributed by atoms with Gasteiger partial charge >= 0.3 is 0 Å². The van der Waals surface area contributed by atoms with Crippen LogP contribution < -0.4 is 11.1 Å². The van der Waals surface area contributed by atoms with Crippen molar-refractivity contribution in [1.82, 2.24) is 20.2 Å². The van der Waals surface area contributed by atoms with Gasteiger partial charge in [0.05, 0.1) is 11.6 Å². The molecule has 17 heavy (non-hydrogen) atoms. The van der Waals surface area contributed by atoms with Gasteiger partial charge in [0.2, 0.25) is 5.95 Å². The first kappa shape index (κ1) is 12.0. The summed E-state index contributed by atoms with van der Waals surface area (Å²) in [5.74, 6) is 2.20. The first-order valence-electron chi connectivity index (χ1n) is 5.50. The van der Waals surface area contributed by atoms with Crippen LogP contribution in [0.4, 0.5) is 11.8 Å². The fraction of sp³-hybridized carbons (Fsp3) is 0.500. The molecular formula is C10H16N6S. The SMILES string of the molecule is CSCCCCNc1nc(N)nc2[nH]ncc12. The zero-order valence-corrected chi connectivity index (χ0v) is 10.5. The molecule has 2 heterocycles. The molecule has 0 radical (unpaired) electrons. The van der Waals surface area contributed by atoms with Crippen molar-refractivity contribution in [2.24, 2.45) is 0 Å². The van der Waals surface area contributed by atoms with Gasteiger partial charge in [-0.15, -0.1) is 0 Å². The van der Waals surface area contributed by atoms with Gasteiger partial charge in [0.1, 0.15) is 5.82 Å². The minimum absolute atomic E-state index is 0.258. The number of hydrogen-bond acceptors (Lipinski definition) is 6. The standard InChI is InChI=1S/C10H16N6S/c1-17-5-3-2-4-12-8-7-6-13-16-9(7)15-10(11)14-8/h6H,2-5H2,1H3,(H4,11,12,13,14,15,16). The summed E-state index contributed by atoms with van der Waals surface area (Å²) in [5.41, 5.74) is 6.29. The van der Waals surface area contributed by atoms with Gasteiger partial charge in [-0.3, -0.25) is 5.10 Å². The van der Waals surface area contributed by atoms with E-state index in [0.29, 0.717) is 5.65 Å². The maximum Gasteiger partial charge on any atom is 0.224 e. The second-order valence-corrected chi connectivity index (χ2v) is 4.67. The number of nitrogens with one attached hydrogen (secondary N) is 2. The van der Waals surface area contributed by atoms with Crippen molar-refractivity contribution >= 4 is 34.6 Å². The van der Waals surface area contributed by atoms with Crippen LogP contribution in [0.1, 0.15) is 12.8 Å². The quantitative estimate of drug-likeness (QED) is 0.675. The minimum Gasteiger partial charge on any atom is -0.369 e. The normalized spacial score (nSPS) is 10.9. The van der Waals surface area contributed by atoms with E-state index in [-0.39, 0.29) is 5.95 Å². The summed E-state index contributed by atoms with van der Waals surface area (Å²) >= 11 is 1.87. The van der Waals surface area contributed by atoms with Crippen molar-refractivity contribution in [3.8, 4) is 0 Å². The number of thioether (sulfide) groups is 1. The summed E-state index contributed by atoms with van der Waals surface area (Å²) in [6.45, 7) is 0.886. The number of nitrogen functional groups attached to an aromatic ring is 1. The Balaban J connectivity index is 2.00. The van der Waals surface area contributed by atoms with Crippen LogP contribution in [0.5, 0.6) is 0 Å². The first-order chi connectivity index (χ1) is 8.31. The van der Waals surface area contributed by atoms with Crippen molar-refractivity contribution in [2.45, 2.75) is 12.8 Å². The maximum absolute atomic E-state index is 5.62. The molecule has 2 aromatic heterocycles. The zero-order chi connectivity index (χ0) is 12.1. The van der Waals surface area contributed by atoms with Crippen LogP contribution in [0.25, 0.3) is 11.0 Å². The van der Waals surface area contributed by atoms with E-state index in [1.54, 1.807) is 6.20 Å². The lowest BCUT2D eigenvalue weighted by Gasteiger charge is -2.06. The molecule has 0 saturated carbocycles.